The standard InChI is InChI=1S/C8H18N2O3/c1-8(2,3)10(7(11)12)5-4-6-13-9/h4-6,9H2,1-3H3,(H,11,12). The average molecular weight is 190 g/mol. The fourth-order valence-corrected chi connectivity index (χ4v) is 1.02. The van der Waals surface area contributed by atoms with E-state index in [0.717, 1.165) is 0 Å². The number of amides is 1. The number of nitrogens with two attached hydrogens (primary N) is 1. The Morgan fingerprint density at radius 2 is 2.08 bits per heavy atom. The molecule has 78 valence electrons. The molecule has 0 aliphatic rings. The first-order valence-electron chi connectivity index (χ1n) is 4.22. The van der Waals surface area contributed by atoms with E-state index in [4.69, 9.17) is 11.0 Å². The maximum atomic E-state index is 10.8. The van der Waals surface area contributed by atoms with Crippen LogP contribution in [0.3, 0.4) is 0 Å². The molecule has 0 saturated heterocycles. The first-order valence-corrected chi connectivity index (χ1v) is 4.22. The van der Waals surface area contributed by atoms with E-state index in [1.165, 1.54) is 4.90 Å². The second-order valence-electron chi connectivity index (χ2n) is 3.83. The van der Waals surface area contributed by atoms with Gasteiger partial charge in [0.25, 0.3) is 0 Å². The van der Waals surface area contributed by atoms with Crippen molar-refractivity contribution in [2.24, 2.45) is 5.90 Å². The third kappa shape index (κ3) is 4.69. The normalized spacial score (nSPS) is 11.4. The molecule has 0 bridgehead atoms. The van der Waals surface area contributed by atoms with E-state index in [0.29, 0.717) is 19.6 Å². The predicted octanol–water partition coefficient (Wildman–Crippen LogP) is 1.05. The number of carbonyl (C=O) groups is 1. The number of nitrogens with zero attached hydrogens (tertiary/aromatic N) is 1. The first kappa shape index (κ1) is 12.2. The first-order chi connectivity index (χ1) is 5.89. The van der Waals surface area contributed by atoms with Crippen molar-refractivity contribution in [3.63, 3.8) is 0 Å². The van der Waals surface area contributed by atoms with Crippen LogP contribution < -0.4 is 5.90 Å². The van der Waals surface area contributed by atoms with E-state index in [-0.39, 0.29) is 5.54 Å². The van der Waals surface area contributed by atoms with Crippen molar-refractivity contribution in [1.82, 2.24) is 4.90 Å². The summed E-state index contributed by atoms with van der Waals surface area (Å²) in [6.07, 6.45) is -0.301. The van der Waals surface area contributed by atoms with Gasteiger partial charge in [0, 0.05) is 12.1 Å². The van der Waals surface area contributed by atoms with E-state index in [1.807, 2.05) is 20.8 Å². The van der Waals surface area contributed by atoms with E-state index in [2.05, 4.69) is 4.84 Å². The molecule has 5 nitrogen and oxygen atoms in total. The second-order valence-corrected chi connectivity index (χ2v) is 3.83. The number of rotatable bonds is 4. The molecule has 0 aliphatic heterocycles. The number of hydrogen-bond donors (Lipinski definition) is 2. The zero-order valence-electron chi connectivity index (χ0n) is 8.41. The van der Waals surface area contributed by atoms with Gasteiger partial charge in [-0.2, -0.15) is 0 Å². The highest BCUT2D eigenvalue weighted by molar-refractivity contribution is 5.65. The van der Waals surface area contributed by atoms with Crippen LogP contribution in [0.5, 0.6) is 0 Å². The quantitative estimate of drug-likeness (QED) is 0.513. The lowest BCUT2D eigenvalue weighted by atomic mass is 10.1. The Bertz CT molecular complexity index is 165. The summed E-state index contributed by atoms with van der Waals surface area (Å²) in [6.45, 7) is 6.37. The minimum absolute atomic E-state index is 0.375. The molecular formula is C8H18N2O3. The molecule has 0 heterocycles. The molecule has 0 spiro atoms. The largest absolute Gasteiger partial charge is 0.465 e. The summed E-state index contributed by atoms with van der Waals surface area (Å²) in [5, 5.41) is 8.86. The van der Waals surface area contributed by atoms with Gasteiger partial charge in [-0.05, 0) is 27.2 Å². The van der Waals surface area contributed by atoms with Crippen molar-refractivity contribution in [3.05, 3.63) is 0 Å². The lowest BCUT2D eigenvalue weighted by Gasteiger charge is -2.33. The maximum absolute atomic E-state index is 10.8. The lowest BCUT2D eigenvalue weighted by molar-refractivity contribution is 0.0827. The van der Waals surface area contributed by atoms with Crippen LogP contribution >= 0.6 is 0 Å². The van der Waals surface area contributed by atoms with Gasteiger partial charge in [-0.1, -0.05) is 0 Å². The fourth-order valence-electron chi connectivity index (χ4n) is 1.02. The summed E-state index contributed by atoms with van der Waals surface area (Å²) in [7, 11) is 0. The Morgan fingerprint density at radius 3 is 2.38 bits per heavy atom. The summed E-state index contributed by atoms with van der Waals surface area (Å²) < 4.78 is 0. The van der Waals surface area contributed by atoms with Crippen molar-refractivity contribution in [1.29, 1.82) is 0 Å². The van der Waals surface area contributed by atoms with Crippen LogP contribution in [0, 0.1) is 0 Å². The van der Waals surface area contributed by atoms with Gasteiger partial charge in [0.15, 0.2) is 0 Å². The molecule has 0 radical (unpaired) electrons. The Kier molecular flexibility index (Phi) is 4.72. The molecule has 13 heavy (non-hydrogen) atoms. The fraction of sp³-hybridized carbons (Fsp3) is 0.875. The maximum Gasteiger partial charge on any atom is 0.407 e. The molecule has 0 saturated carbocycles. The molecule has 0 aromatic rings. The van der Waals surface area contributed by atoms with Gasteiger partial charge in [0.2, 0.25) is 0 Å². The minimum Gasteiger partial charge on any atom is -0.465 e. The minimum atomic E-state index is -0.912. The summed E-state index contributed by atoms with van der Waals surface area (Å²) in [5.74, 6) is 4.83. The topological polar surface area (TPSA) is 75.8 Å². The molecular weight excluding hydrogens is 172 g/mol. The highest BCUT2D eigenvalue weighted by Crippen LogP contribution is 2.13. The molecule has 0 fully saturated rings. The zero-order valence-corrected chi connectivity index (χ0v) is 8.41. The van der Waals surface area contributed by atoms with Gasteiger partial charge < -0.3 is 14.8 Å². The van der Waals surface area contributed by atoms with Crippen LogP contribution in [-0.4, -0.2) is 34.8 Å². The monoisotopic (exact) mass is 190 g/mol. The van der Waals surface area contributed by atoms with Crippen molar-refractivity contribution in [2.75, 3.05) is 13.2 Å². The van der Waals surface area contributed by atoms with Gasteiger partial charge in [0.05, 0.1) is 6.61 Å². The molecule has 0 atom stereocenters. The predicted molar refractivity (Wildman–Crippen MR) is 49.2 cm³/mol. The van der Waals surface area contributed by atoms with Gasteiger partial charge in [-0.25, -0.2) is 10.7 Å². The Balaban J connectivity index is 4.04. The molecule has 3 N–H and O–H groups in total. The van der Waals surface area contributed by atoms with Crippen LogP contribution in [0.1, 0.15) is 27.2 Å². The molecule has 0 aromatic carbocycles. The molecule has 1 amide bonds. The molecule has 0 aromatic heterocycles. The van der Waals surface area contributed by atoms with E-state index < -0.39 is 6.09 Å². The van der Waals surface area contributed by atoms with Gasteiger partial charge in [-0.15, -0.1) is 0 Å². The van der Waals surface area contributed by atoms with Crippen molar-refractivity contribution in [3.8, 4) is 0 Å². The lowest BCUT2D eigenvalue weighted by Crippen LogP contribution is -2.45. The average Bonchev–Trinajstić information content (AvgIpc) is 1.94. The van der Waals surface area contributed by atoms with Crippen LogP contribution in [0.2, 0.25) is 0 Å². The summed E-state index contributed by atoms with van der Waals surface area (Å²) >= 11 is 0. The van der Waals surface area contributed by atoms with Crippen LogP contribution in [-0.2, 0) is 4.84 Å². The van der Waals surface area contributed by atoms with Gasteiger partial charge in [-0.3, -0.25) is 0 Å². The van der Waals surface area contributed by atoms with Crippen molar-refractivity contribution in [2.45, 2.75) is 32.7 Å². The highest BCUT2D eigenvalue weighted by Gasteiger charge is 2.25. The third-order valence-electron chi connectivity index (χ3n) is 1.68. The van der Waals surface area contributed by atoms with Crippen molar-refractivity contribution >= 4 is 6.09 Å². The van der Waals surface area contributed by atoms with Crippen LogP contribution in [0.25, 0.3) is 0 Å². The van der Waals surface area contributed by atoms with Gasteiger partial charge >= 0.3 is 6.09 Å². The Hall–Kier alpha value is -0.810. The summed E-state index contributed by atoms with van der Waals surface area (Å²) in [6, 6.07) is 0. The third-order valence-corrected chi connectivity index (χ3v) is 1.68. The smallest absolute Gasteiger partial charge is 0.407 e. The van der Waals surface area contributed by atoms with Crippen molar-refractivity contribution < 1.29 is 14.7 Å². The SMILES string of the molecule is CC(C)(C)N(CCCON)C(=O)O. The van der Waals surface area contributed by atoms with E-state index >= 15 is 0 Å². The molecule has 5 heteroatoms. The molecule has 0 unspecified atom stereocenters. The van der Waals surface area contributed by atoms with Crippen LogP contribution in [0.4, 0.5) is 4.79 Å². The Morgan fingerprint density at radius 1 is 1.54 bits per heavy atom. The molecule has 0 aliphatic carbocycles. The second kappa shape index (κ2) is 5.04. The highest BCUT2D eigenvalue weighted by atomic mass is 16.6. The van der Waals surface area contributed by atoms with E-state index in [9.17, 15) is 4.79 Å². The van der Waals surface area contributed by atoms with E-state index in [1.54, 1.807) is 0 Å². The molecule has 0 rings (SSSR count). The van der Waals surface area contributed by atoms with Gasteiger partial charge in [0.1, 0.15) is 0 Å². The number of hydrogen-bond acceptors (Lipinski definition) is 3. The zero-order chi connectivity index (χ0) is 10.5. The van der Waals surface area contributed by atoms with Crippen LogP contribution in [0.15, 0.2) is 0 Å². The summed E-state index contributed by atoms with van der Waals surface area (Å²) in [4.78, 5) is 16.5. The summed E-state index contributed by atoms with van der Waals surface area (Å²) in [5.41, 5.74) is -0.375. The number of carboxylic acid groups (broad SMARTS) is 1. The Labute approximate surface area is 78.4 Å².